The zero-order valence-electron chi connectivity index (χ0n) is 21.5. The zero-order chi connectivity index (χ0) is 29.2. The smallest absolute Gasteiger partial charge is 0.326 e. The molecular weight excluding hydrogens is 520 g/mol. The predicted octanol–water partition coefficient (Wildman–Crippen LogP) is -1.31. The van der Waals surface area contributed by atoms with E-state index in [2.05, 4.69) is 20.9 Å². The van der Waals surface area contributed by atoms with Crippen molar-refractivity contribution in [1.82, 2.24) is 20.9 Å². The van der Waals surface area contributed by atoms with E-state index in [1.807, 2.05) is 18.2 Å². The van der Waals surface area contributed by atoms with Gasteiger partial charge in [0, 0.05) is 29.9 Å². The summed E-state index contributed by atoms with van der Waals surface area (Å²) < 4.78 is 0. The molecule has 13 heteroatoms. The molecule has 0 aliphatic heterocycles. The minimum atomic E-state index is -1.51. The van der Waals surface area contributed by atoms with Gasteiger partial charge in [-0.15, -0.1) is 0 Å². The van der Waals surface area contributed by atoms with E-state index >= 15 is 0 Å². The van der Waals surface area contributed by atoms with Crippen molar-refractivity contribution < 1.29 is 34.2 Å². The fourth-order valence-corrected chi connectivity index (χ4v) is 4.11. The van der Waals surface area contributed by atoms with Gasteiger partial charge in [-0.05, 0) is 17.2 Å². The number of amides is 4. The lowest BCUT2D eigenvalue weighted by Crippen LogP contribution is -2.58. The Balaban J connectivity index is 1.81. The Hall–Kier alpha value is -4.75. The number of hydrogen-bond donors (Lipinski definition) is 8. The van der Waals surface area contributed by atoms with Crippen LogP contribution in [0.4, 0.5) is 0 Å². The Labute approximate surface area is 229 Å². The normalized spacial score (nSPS) is 13.9. The number of aliphatic hydroxyl groups is 1. The number of carbonyl (C=O) groups is 5. The molecule has 0 saturated heterocycles. The Morgan fingerprint density at radius 3 is 2.05 bits per heavy atom. The number of benzene rings is 2. The number of fused-ring (bicyclic) bond motifs is 1. The van der Waals surface area contributed by atoms with Gasteiger partial charge in [-0.3, -0.25) is 19.2 Å². The summed E-state index contributed by atoms with van der Waals surface area (Å²) in [5.41, 5.74) is 12.8. The van der Waals surface area contributed by atoms with Gasteiger partial charge >= 0.3 is 5.97 Å². The fraction of sp³-hybridized carbons (Fsp3) is 0.296. The van der Waals surface area contributed by atoms with Crippen molar-refractivity contribution in [1.29, 1.82) is 0 Å². The van der Waals surface area contributed by atoms with Gasteiger partial charge in [0.1, 0.15) is 18.1 Å². The van der Waals surface area contributed by atoms with Crippen LogP contribution in [0, 0.1) is 0 Å². The minimum Gasteiger partial charge on any atom is -0.480 e. The SMILES string of the molecule is NC(=O)CC(N)C(=O)NC(CO)C(=O)NC(Cc1c[nH]c2ccccc12)C(=O)NC(Cc1ccccc1)C(=O)O. The van der Waals surface area contributed by atoms with Crippen molar-refractivity contribution in [2.75, 3.05) is 6.61 Å². The van der Waals surface area contributed by atoms with Crippen molar-refractivity contribution in [3.63, 3.8) is 0 Å². The molecule has 40 heavy (non-hydrogen) atoms. The molecular formula is C27H32N6O7. The van der Waals surface area contributed by atoms with E-state index in [1.165, 1.54) is 0 Å². The molecule has 3 aromatic rings. The number of carboxylic acid groups (broad SMARTS) is 1. The fourth-order valence-electron chi connectivity index (χ4n) is 4.11. The molecule has 4 unspecified atom stereocenters. The molecule has 0 aliphatic carbocycles. The summed E-state index contributed by atoms with van der Waals surface area (Å²) in [5, 5.41) is 27.5. The quantitative estimate of drug-likeness (QED) is 0.119. The van der Waals surface area contributed by atoms with Gasteiger partial charge in [0.2, 0.25) is 23.6 Å². The Morgan fingerprint density at radius 2 is 1.40 bits per heavy atom. The number of carbonyl (C=O) groups excluding carboxylic acids is 4. The molecule has 13 nitrogen and oxygen atoms in total. The Bertz CT molecular complexity index is 1360. The number of nitrogens with two attached hydrogens (primary N) is 2. The van der Waals surface area contributed by atoms with Crippen LogP contribution in [0.1, 0.15) is 17.5 Å². The summed E-state index contributed by atoms with van der Waals surface area (Å²) in [6.45, 7) is -0.839. The van der Waals surface area contributed by atoms with Gasteiger partial charge in [0.15, 0.2) is 0 Å². The second-order valence-electron chi connectivity index (χ2n) is 9.23. The lowest BCUT2D eigenvalue weighted by molar-refractivity contribution is -0.142. The van der Waals surface area contributed by atoms with E-state index in [9.17, 15) is 34.2 Å². The van der Waals surface area contributed by atoms with Crippen LogP contribution in [-0.2, 0) is 36.8 Å². The standard InChI is InChI=1S/C27H32N6O7/c28-18(12-23(29)35)24(36)33-22(14-34)26(38)31-20(11-16-13-30-19-9-5-4-8-17(16)19)25(37)32-21(27(39)40)10-15-6-2-1-3-7-15/h1-9,13,18,20-22,30,34H,10-12,14,28H2,(H2,29,35)(H,31,38)(H,32,37)(H,33,36)(H,39,40). The average Bonchev–Trinajstić information content (AvgIpc) is 3.33. The molecule has 3 rings (SSSR count). The average molecular weight is 553 g/mol. The summed E-state index contributed by atoms with van der Waals surface area (Å²) in [6, 6.07) is 10.6. The third kappa shape index (κ3) is 8.12. The number of rotatable bonds is 14. The highest BCUT2D eigenvalue weighted by Gasteiger charge is 2.31. The number of aliphatic hydroxyl groups excluding tert-OH is 1. The van der Waals surface area contributed by atoms with E-state index in [-0.39, 0.29) is 12.8 Å². The second kappa shape index (κ2) is 13.9. The lowest BCUT2D eigenvalue weighted by Gasteiger charge is -2.24. The van der Waals surface area contributed by atoms with Gasteiger partial charge in [0.25, 0.3) is 0 Å². The molecule has 212 valence electrons. The van der Waals surface area contributed by atoms with Crippen LogP contribution < -0.4 is 27.4 Å². The molecule has 0 fully saturated rings. The maximum Gasteiger partial charge on any atom is 0.326 e. The molecule has 1 aromatic heterocycles. The van der Waals surface area contributed by atoms with Crippen molar-refractivity contribution in [3.8, 4) is 0 Å². The number of hydrogen-bond acceptors (Lipinski definition) is 7. The number of nitrogens with one attached hydrogen (secondary N) is 4. The van der Waals surface area contributed by atoms with Crippen LogP contribution in [0.25, 0.3) is 10.9 Å². The summed E-state index contributed by atoms with van der Waals surface area (Å²) in [7, 11) is 0. The first-order valence-corrected chi connectivity index (χ1v) is 12.5. The zero-order valence-corrected chi connectivity index (χ0v) is 21.5. The molecule has 1 heterocycles. The van der Waals surface area contributed by atoms with Crippen molar-refractivity contribution >= 4 is 40.5 Å². The van der Waals surface area contributed by atoms with Gasteiger partial charge in [-0.2, -0.15) is 0 Å². The first-order chi connectivity index (χ1) is 19.1. The van der Waals surface area contributed by atoms with Crippen LogP contribution in [-0.4, -0.2) is 75.6 Å². The largest absolute Gasteiger partial charge is 0.480 e. The monoisotopic (exact) mass is 552 g/mol. The molecule has 0 saturated carbocycles. The molecule has 0 bridgehead atoms. The Kier molecular flexibility index (Phi) is 10.3. The van der Waals surface area contributed by atoms with Gasteiger partial charge < -0.3 is 42.6 Å². The van der Waals surface area contributed by atoms with Crippen LogP contribution in [0.15, 0.2) is 60.8 Å². The van der Waals surface area contributed by atoms with E-state index in [0.717, 1.165) is 10.9 Å². The van der Waals surface area contributed by atoms with Gasteiger partial charge in [-0.25, -0.2) is 4.79 Å². The van der Waals surface area contributed by atoms with Crippen LogP contribution >= 0.6 is 0 Å². The van der Waals surface area contributed by atoms with Crippen LogP contribution in [0.5, 0.6) is 0 Å². The summed E-state index contributed by atoms with van der Waals surface area (Å²) in [6.07, 6.45) is 1.16. The third-order valence-corrected chi connectivity index (χ3v) is 6.20. The van der Waals surface area contributed by atoms with E-state index in [0.29, 0.717) is 11.1 Å². The number of aromatic nitrogens is 1. The number of para-hydroxylation sites is 1. The van der Waals surface area contributed by atoms with Crippen LogP contribution in [0.2, 0.25) is 0 Å². The first kappa shape index (κ1) is 29.8. The number of primary amides is 1. The highest BCUT2D eigenvalue weighted by molar-refractivity contribution is 5.95. The minimum absolute atomic E-state index is 0.00272. The summed E-state index contributed by atoms with van der Waals surface area (Å²) in [5.74, 6) is -4.70. The van der Waals surface area contributed by atoms with E-state index in [4.69, 9.17) is 11.5 Å². The highest BCUT2D eigenvalue weighted by atomic mass is 16.4. The molecule has 2 aromatic carbocycles. The van der Waals surface area contributed by atoms with Crippen molar-refractivity contribution in [3.05, 3.63) is 71.9 Å². The molecule has 0 radical (unpaired) electrons. The molecule has 4 atom stereocenters. The van der Waals surface area contributed by atoms with E-state index in [1.54, 1.807) is 42.6 Å². The van der Waals surface area contributed by atoms with Gasteiger partial charge in [0.05, 0.1) is 19.1 Å². The number of aliphatic carboxylic acids is 1. The number of aromatic amines is 1. The topological polar surface area (TPSA) is 230 Å². The summed E-state index contributed by atoms with van der Waals surface area (Å²) >= 11 is 0. The van der Waals surface area contributed by atoms with Crippen molar-refractivity contribution in [2.45, 2.75) is 43.4 Å². The Morgan fingerprint density at radius 1 is 0.800 bits per heavy atom. The molecule has 0 spiro atoms. The van der Waals surface area contributed by atoms with Crippen molar-refractivity contribution in [2.24, 2.45) is 11.5 Å². The number of H-pyrrole nitrogens is 1. The lowest BCUT2D eigenvalue weighted by atomic mass is 10.0. The highest BCUT2D eigenvalue weighted by Crippen LogP contribution is 2.19. The summed E-state index contributed by atoms with van der Waals surface area (Å²) in [4.78, 5) is 64.8. The van der Waals surface area contributed by atoms with Crippen LogP contribution in [0.3, 0.4) is 0 Å². The molecule has 0 aliphatic rings. The third-order valence-electron chi connectivity index (χ3n) is 6.20. The molecule has 4 amide bonds. The maximum absolute atomic E-state index is 13.4. The van der Waals surface area contributed by atoms with Gasteiger partial charge in [-0.1, -0.05) is 48.5 Å². The maximum atomic E-state index is 13.4. The predicted molar refractivity (Wildman–Crippen MR) is 144 cm³/mol. The number of carboxylic acids is 1. The molecule has 10 N–H and O–H groups in total. The van der Waals surface area contributed by atoms with E-state index < -0.39 is 66.8 Å². The first-order valence-electron chi connectivity index (χ1n) is 12.5. The second-order valence-corrected chi connectivity index (χ2v) is 9.23.